The van der Waals surface area contributed by atoms with Gasteiger partial charge in [0, 0.05) is 24.0 Å². The summed E-state index contributed by atoms with van der Waals surface area (Å²) >= 11 is 0. The van der Waals surface area contributed by atoms with Crippen LogP contribution in [0.15, 0.2) is 36.5 Å². The van der Waals surface area contributed by atoms with E-state index in [0.29, 0.717) is 11.4 Å². The van der Waals surface area contributed by atoms with E-state index in [4.69, 9.17) is 16.2 Å². The second kappa shape index (κ2) is 4.58. The summed E-state index contributed by atoms with van der Waals surface area (Å²) < 4.78 is 5.39. The van der Waals surface area contributed by atoms with Crippen LogP contribution in [-0.2, 0) is 0 Å². The lowest BCUT2D eigenvalue weighted by molar-refractivity contribution is -0.384. The quantitative estimate of drug-likeness (QED) is 0.485. The van der Waals surface area contributed by atoms with Crippen LogP contribution in [-0.4, -0.2) is 9.91 Å². The highest BCUT2D eigenvalue weighted by atomic mass is 16.6. The molecule has 0 bridgehead atoms. The van der Waals surface area contributed by atoms with E-state index in [-0.39, 0.29) is 17.3 Å². The Kier molecular flexibility index (Phi) is 2.96. The molecule has 0 aliphatic rings. The smallest absolute Gasteiger partial charge is 0.353 e. The number of ether oxygens (including phenoxy) is 1. The van der Waals surface area contributed by atoms with Crippen molar-refractivity contribution in [3.8, 4) is 11.5 Å². The van der Waals surface area contributed by atoms with Crippen LogP contribution in [0.1, 0.15) is 0 Å². The summed E-state index contributed by atoms with van der Waals surface area (Å²) in [6, 6.07) is 7.93. The van der Waals surface area contributed by atoms with E-state index in [1.165, 1.54) is 12.3 Å². The molecule has 2 rings (SSSR count). The molecular formula is C11H10N4O3. The Labute approximate surface area is 102 Å². The molecule has 1 aromatic carbocycles. The van der Waals surface area contributed by atoms with E-state index in [0.717, 1.165) is 0 Å². The van der Waals surface area contributed by atoms with Crippen LogP contribution >= 0.6 is 0 Å². The Bertz CT molecular complexity index is 601. The second-order valence-electron chi connectivity index (χ2n) is 3.47. The highest BCUT2D eigenvalue weighted by Gasteiger charge is 2.21. The lowest BCUT2D eigenvalue weighted by Gasteiger charge is -2.07. The average molecular weight is 246 g/mol. The molecule has 1 heterocycles. The number of hydrogen-bond acceptors (Lipinski definition) is 6. The highest BCUT2D eigenvalue weighted by Crippen LogP contribution is 2.34. The first kappa shape index (κ1) is 11.6. The molecule has 0 saturated carbocycles. The molecule has 0 amide bonds. The molecule has 92 valence electrons. The van der Waals surface area contributed by atoms with Crippen molar-refractivity contribution in [3.63, 3.8) is 0 Å². The third kappa shape index (κ3) is 2.29. The van der Waals surface area contributed by atoms with Gasteiger partial charge in [0.05, 0.1) is 4.92 Å². The number of nitrogens with zero attached hydrogens (tertiary/aromatic N) is 2. The first-order valence-corrected chi connectivity index (χ1v) is 5.00. The Morgan fingerprint density at radius 1 is 1.28 bits per heavy atom. The molecule has 4 N–H and O–H groups in total. The third-order valence-corrected chi connectivity index (χ3v) is 2.18. The predicted octanol–water partition coefficient (Wildman–Crippen LogP) is 1.95. The fraction of sp³-hybridized carbons (Fsp3) is 0. The van der Waals surface area contributed by atoms with Crippen molar-refractivity contribution in [1.29, 1.82) is 0 Å². The fourth-order valence-corrected chi connectivity index (χ4v) is 1.42. The van der Waals surface area contributed by atoms with Crippen molar-refractivity contribution in [2.45, 2.75) is 0 Å². The van der Waals surface area contributed by atoms with E-state index in [1.807, 2.05) is 0 Å². The van der Waals surface area contributed by atoms with Crippen LogP contribution in [0, 0.1) is 10.1 Å². The lowest BCUT2D eigenvalue weighted by atomic mass is 10.3. The van der Waals surface area contributed by atoms with Crippen molar-refractivity contribution in [3.05, 3.63) is 46.6 Å². The van der Waals surface area contributed by atoms with E-state index >= 15 is 0 Å². The molecule has 0 unspecified atom stereocenters. The summed E-state index contributed by atoms with van der Waals surface area (Å²) in [5.74, 6) is 0.225. The van der Waals surface area contributed by atoms with Gasteiger partial charge in [0.15, 0.2) is 0 Å². The lowest BCUT2D eigenvalue weighted by Crippen LogP contribution is -2.00. The number of hydrogen-bond donors (Lipinski definition) is 2. The molecule has 7 nitrogen and oxygen atoms in total. The van der Waals surface area contributed by atoms with Crippen LogP contribution in [0.4, 0.5) is 17.2 Å². The minimum Gasteiger partial charge on any atom is -0.450 e. The normalized spacial score (nSPS) is 10.0. The first-order valence-electron chi connectivity index (χ1n) is 5.00. The largest absolute Gasteiger partial charge is 0.450 e. The molecule has 0 spiro atoms. The molecule has 7 heteroatoms. The SMILES string of the molecule is Nc1cccc(Oc2ccnc(N)c2[N+](=O)[O-])c1. The van der Waals surface area contributed by atoms with E-state index in [1.54, 1.807) is 24.3 Å². The molecule has 0 fully saturated rings. The van der Waals surface area contributed by atoms with Gasteiger partial charge in [0.2, 0.25) is 11.6 Å². The summed E-state index contributed by atoms with van der Waals surface area (Å²) in [4.78, 5) is 13.9. The third-order valence-electron chi connectivity index (χ3n) is 2.18. The van der Waals surface area contributed by atoms with Gasteiger partial charge in [-0.2, -0.15) is 0 Å². The standard InChI is InChI=1S/C11H10N4O3/c12-7-2-1-3-8(6-7)18-9-4-5-14-11(13)10(9)15(16)17/h1-6H,12H2,(H2,13,14). The summed E-state index contributed by atoms with van der Waals surface area (Å²) in [6.45, 7) is 0. The van der Waals surface area contributed by atoms with Crippen molar-refractivity contribution < 1.29 is 9.66 Å². The van der Waals surface area contributed by atoms with Crippen molar-refractivity contribution >= 4 is 17.2 Å². The molecule has 0 radical (unpaired) electrons. The van der Waals surface area contributed by atoms with Crippen LogP contribution in [0.5, 0.6) is 11.5 Å². The monoisotopic (exact) mass is 246 g/mol. The van der Waals surface area contributed by atoms with Gasteiger partial charge in [-0.3, -0.25) is 10.1 Å². The zero-order chi connectivity index (χ0) is 13.1. The molecule has 1 aromatic heterocycles. The molecule has 2 aromatic rings. The number of nitrogens with two attached hydrogens (primary N) is 2. The van der Waals surface area contributed by atoms with Gasteiger partial charge < -0.3 is 16.2 Å². The van der Waals surface area contributed by atoms with Gasteiger partial charge in [0.25, 0.3) is 0 Å². The van der Waals surface area contributed by atoms with Gasteiger partial charge in [-0.05, 0) is 12.1 Å². The summed E-state index contributed by atoms with van der Waals surface area (Å²) in [5, 5.41) is 10.9. The van der Waals surface area contributed by atoms with Crippen molar-refractivity contribution in [1.82, 2.24) is 4.98 Å². The summed E-state index contributed by atoms with van der Waals surface area (Å²) in [5.41, 5.74) is 11.2. The van der Waals surface area contributed by atoms with Crippen LogP contribution in [0.25, 0.3) is 0 Å². The fourth-order valence-electron chi connectivity index (χ4n) is 1.42. The van der Waals surface area contributed by atoms with E-state index in [2.05, 4.69) is 4.98 Å². The molecule has 0 atom stereocenters. The highest BCUT2D eigenvalue weighted by molar-refractivity contribution is 5.62. The summed E-state index contributed by atoms with van der Waals surface area (Å²) in [7, 11) is 0. The summed E-state index contributed by atoms with van der Waals surface area (Å²) in [6.07, 6.45) is 1.34. The van der Waals surface area contributed by atoms with E-state index in [9.17, 15) is 10.1 Å². The Morgan fingerprint density at radius 3 is 2.72 bits per heavy atom. The van der Waals surface area contributed by atoms with Crippen LogP contribution in [0.3, 0.4) is 0 Å². The van der Waals surface area contributed by atoms with Crippen LogP contribution < -0.4 is 16.2 Å². The Balaban J connectivity index is 2.40. The second-order valence-corrected chi connectivity index (χ2v) is 3.47. The van der Waals surface area contributed by atoms with E-state index < -0.39 is 4.92 Å². The maximum Gasteiger partial charge on any atom is 0.353 e. The number of nitro groups is 1. The number of pyridine rings is 1. The van der Waals surface area contributed by atoms with Gasteiger partial charge >= 0.3 is 5.69 Å². The predicted molar refractivity (Wildman–Crippen MR) is 66.2 cm³/mol. The van der Waals surface area contributed by atoms with Crippen LogP contribution in [0.2, 0.25) is 0 Å². The Morgan fingerprint density at radius 2 is 2.06 bits per heavy atom. The first-order chi connectivity index (χ1) is 8.58. The van der Waals surface area contributed by atoms with Gasteiger partial charge in [-0.15, -0.1) is 0 Å². The maximum absolute atomic E-state index is 10.9. The molecule has 0 aliphatic heterocycles. The Hall–Kier alpha value is -2.83. The number of benzene rings is 1. The minimum absolute atomic E-state index is 0.0260. The molecule has 0 saturated heterocycles. The number of anilines is 2. The molecule has 0 aliphatic carbocycles. The average Bonchev–Trinajstić information content (AvgIpc) is 2.28. The number of rotatable bonds is 3. The molecular weight excluding hydrogens is 236 g/mol. The van der Waals surface area contributed by atoms with Gasteiger partial charge in [-0.1, -0.05) is 6.07 Å². The van der Waals surface area contributed by atoms with Crippen molar-refractivity contribution in [2.75, 3.05) is 11.5 Å². The molecule has 18 heavy (non-hydrogen) atoms. The topological polar surface area (TPSA) is 117 Å². The van der Waals surface area contributed by atoms with Crippen molar-refractivity contribution in [2.24, 2.45) is 0 Å². The number of aromatic nitrogens is 1. The maximum atomic E-state index is 10.9. The van der Waals surface area contributed by atoms with Gasteiger partial charge in [-0.25, -0.2) is 4.98 Å². The zero-order valence-electron chi connectivity index (χ0n) is 9.24. The zero-order valence-corrected chi connectivity index (χ0v) is 9.24. The number of nitrogen functional groups attached to an aromatic ring is 2. The minimum atomic E-state index is -0.635. The van der Waals surface area contributed by atoms with Gasteiger partial charge in [0.1, 0.15) is 5.75 Å².